The van der Waals surface area contributed by atoms with Crippen LogP contribution in [-0.2, 0) is 10.0 Å². The lowest BCUT2D eigenvalue weighted by molar-refractivity contribution is 0.178. The number of anilines is 1. The number of nitrogen functional groups attached to an aromatic ring is 1. The summed E-state index contributed by atoms with van der Waals surface area (Å²) >= 11 is 5.75. The number of nitrogens with one attached hydrogen (secondary N) is 1. The lowest BCUT2D eigenvalue weighted by Crippen LogP contribution is -2.29. The largest absolute Gasteiger partial charge is 0.396 e. The minimum Gasteiger partial charge on any atom is -0.396 e. The highest BCUT2D eigenvalue weighted by Gasteiger charge is 2.26. The van der Waals surface area contributed by atoms with Gasteiger partial charge in [-0.3, -0.25) is 0 Å². The first-order chi connectivity index (χ1) is 9.29. The monoisotopic (exact) mass is 322 g/mol. The summed E-state index contributed by atoms with van der Waals surface area (Å²) in [5, 5.41) is 9.19. The van der Waals surface area contributed by atoms with E-state index in [-0.39, 0.29) is 34.2 Å². The third kappa shape index (κ3) is 3.41. The molecule has 112 valence electrons. The number of halogens is 2. The molecular weight excluding hydrogens is 307 g/mol. The molecule has 2 rings (SSSR count). The average molecular weight is 323 g/mol. The van der Waals surface area contributed by atoms with Crippen LogP contribution in [-0.4, -0.2) is 26.2 Å². The molecule has 0 bridgehead atoms. The van der Waals surface area contributed by atoms with Crippen LogP contribution < -0.4 is 10.5 Å². The van der Waals surface area contributed by atoms with E-state index in [9.17, 15) is 17.9 Å². The van der Waals surface area contributed by atoms with Crippen LogP contribution in [0.1, 0.15) is 19.3 Å². The maximum atomic E-state index is 13.2. The summed E-state index contributed by atoms with van der Waals surface area (Å²) in [6.07, 6.45) is 1.65. The number of aliphatic hydroxyl groups is 1. The van der Waals surface area contributed by atoms with Crippen molar-refractivity contribution in [2.45, 2.75) is 30.3 Å². The zero-order chi connectivity index (χ0) is 14.9. The van der Waals surface area contributed by atoms with E-state index in [1.807, 2.05) is 0 Å². The van der Waals surface area contributed by atoms with E-state index in [4.69, 9.17) is 17.3 Å². The fourth-order valence-electron chi connectivity index (χ4n) is 2.29. The molecule has 0 aromatic heterocycles. The maximum Gasteiger partial charge on any atom is 0.242 e. The van der Waals surface area contributed by atoms with Gasteiger partial charge in [-0.2, -0.15) is 0 Å². The Morgan fingerprint density at radius 1 is 1.45 bits per heavy atom. The van der Waals surface area contributed by atoms with E-state index in [0.717, 1.165) is 18.6 Å². The molecule has 2 unspecified atom stereocenters. The molecule has 1 aliphatic carbocycles. The third-order valence-electron chi connectivity index (χ3n) is 3.42. The van der Waals surface area contributed by atoms with Crippen molar-refractivity contribution < 1.29 is 17.9 Å². The molecule has 8 heteroatoms. The van der Waals surface area contributed by atoms with Crippen LogP contribution in [0.5, 0.6) is 0 Å². The van der Waals surface area contributed by atoms with Crippen molar-refractivity contribution in [2.24, 2.45) is 5.92 Å². The van der Waals surface area contributed by atoms with Crippen molar-refractivity contribution in [1.82, 2.24) is 4.72 Å². The molecular formula is C12H16ClFN2O3S. The average Bonchev–Trinajstić information content (AvgIpc) is 2.77. The summed E-state index contributed by atoms with van der Waals surface area (Å²) in [6, 6.07) is 1.88. The predicted molar refractivity (Wildman–Crippen MR) is 74.4 cm³/mol. The minimum absolute atomic E-state index is 0.0938. The fourth-order valence-corrected chi connectivity index (χ4v) is 3.95. The molecule has 0 aliphatic heterocycles. The van der Waals surface area contributed by atoms with Crippen molar-refractivity contribution in [2.75, 3.05) is 12.3 Å². The molecule has 0 amide bonds. The van der Waals surface area contributed by atoms with Gasteiger partial charge >= 0.3 is 0 Å². The van der Waals surface area contributed by atoms with Gasteiger partial charge in [0.25, 0.3) is 0 Å². The Hall–Kier alpha value is -0.890. The predicted octanol–water partition coefficient (Wildman–Crippen LogP) is 1.50. The van der Waals surface area contributed by atoms with Crippen LogP contribution in [0.3, 0.4) is 0 Å². The highest BCUT2D eigenvalue weighted by molar-refractivity contribution is 7.89. The van der Waals surface area contributed by atoms with Crippen LogP contribution in [0.4, 0.5) is 10.1 Å². The van der Waals surface area contributed by atoms with Gasteiger partial charge in [-0.25, -0.2) is 17.5 Å². The molecule has 4 N–H and O–H groups in total. The second-order valence-electron chi connectivity index (χ2n) is 4.99. The molecule has 0 radical (unpaired) electrons. The first-order valence-electron chi connectivity index (χ1n) is 6.22. The summed E-state index contributed by atoms with van der Waals surface area (Å²) in [5.41, 5.74) is 5.09. The van der Waals surface area contributed by atoms with Gasteiger partial charge < -0.3 is 10.8 Å². The zero-order valence-corrected chi connectivity index (χ0v) is 12.2. The lowest BCUT2D eigenvalue weighted by Gasteiger charge is -2.13. The molecule has 1 aromatic rings. The Labute approximate surface area is 122 Å². The summed E-state index contributed by atoms with van der Waals surface area (Å²) < 4.78 is 39.8. The van der Waals surface area contributed by atoms with Crippen molar-refractivity contribution in [3.8, 4) is 0 Å². The van der Waals surface area contributed by atoms with E-state index < -0.39 is 15.8 Å². The molecule has 1 fully saturated rings. The smallest absolute Gasteiger partial charge is 0.242 e. The molecule has 1 aliphatic rings. The summed E-state index contributed by atoms with van der Waals surface area (Å²) in [7, 11) is -3.85. The molecule has 20 heavy (non-hydrogen) atoms. The number of hydrogen-bond acceptors (Lipinski definition) is 4. The minimum atomic E-state index is -3.85. The maximum absolute atomic E-state index is 13.2. The van der Waals surface area contributed by atoms with E-state index in [2.05, 4.69) is 4.72 Å². The van der Waals surface area contributed by atoms with Crippen LogP contribution in [0.2, 0.25) is 5.02 Å². The van der Waals surface area contributed by atoms with E-state index in [1.165, 1.54) is 0 Å². The topological polar surface area (TPSA) is 92.4 Å². The number of rotatable bonds is 4. The lowest BCUT2D eigenvalue weighted by atomic mass is 10.1. The van der Waals surface area contributed by atoms with Crippen LogP contribution in [0, 0.1) is 11.7 Å². The standard InChI is InChI=1S/C12H16ClFN2O3S/c13-9-4-10(14)11(15)5-12(9)20(18,19)16-6-7-1-2-8(17)3-7/h4-5,7-8,16-17H,1-3,6,15H2. The summed E-state index contributed by atoms with van der Waals surface area (Å²) in [5.74, 6) is -0.663. The SMILES string of the molecule is Nc1cc(S(=O)(=O)NCC2CCC(O)C2)c(Cl)cc1F. The Kier molecular flexibility index (Phi) is 4.53. The van der Waals surface area contributed by atoms with Gasteiger partial charge in [-0.15, -0.1) is 0 Å². The molecule has 0 spiro atoms. The Morgan fingerprint density at radius 2 is 2.15 bits per heavy atom. The molecule has 5 nitrogen and oxygen atoms in total. The normalized spacial score (nSPS) is 23.1. The van der Waals surface area contributed by atoms with Crippen molar-refractivity contribution in [1.29, 1.82) is 0 Å². The van der Waals surface area contributed by atoms with Gasteiger partial charge in [0, 0.05) is 6.54 Å². The van der Waals surface area contributed by atoms with Crippen molar-refractivity contribution >= 4 is 27.3 Å². The van der Waals surface area contributed by atoms with E-state index in [1.54, 1.807) is 0 Å². The summed E-state index contributed by atoms with van der Waals surface area (Å²) in [6.45, 7) is 0.215. The zero-order valence-electron chi connectivity index (χ0n) is 10.6. The number of benzene rings is 1. The van der Waals surface area contributed by atoms with Crippen molar-refractivity contribution in [3.63, 3.8) is 0 Å². The Bertz CT molecular complexity index is 609. The van der Waals surface area contributed by atoms with Crippen LogP contribution in [0.25, 0.3) is 0 Å². The third-order valence-corrected chi connectivity index (χ3v) is 5.30. The van der Waals surface area contributed by atoms with Crippen LogP contribution in [0.15, 0.2) is 17.0 Å². The highest BCUT2D eigenvalue weighted by Crippen LogP contribution is 2.28. The van der Waals surface area contributed by atoms with Gasteiger partial charge in [-0.05, 0) is 37.3 Å². The van der Waals surface area contributed by atoms with Gasteiger partial charge in [0.15, 0.2) is 0 Å². The van der Waals surface area contributed by atoms with Gasteiger partial charge in [0.1, 0.15) is 10.7 Å². The number of sulfonamides is 1. The first kappa shape index (κ1) is 15.5. The highest BCUT2D eigenvalue weighted by atomic mass is 35.5. The van der Waals surface area contributed by atoms with Gasteiger partial charge in [0.05, 0.1) is 16.8 Å². The fraction of sp³-hybridized carbons (Fsp3) is 0.500. The quantitative estimate of drug-likeness (QED) is 0.732. The summed E-state index contributed by atoms with van der Waals surface area (Å²) in [4.78, 5) is -0.239. The molecule has 1 aromatic carbocycles. The van der Waals surface area contributed by atoms with Crippen LogP contribution >= 0.6 is 11.6 Å². The number of hydrogen-bond donors (Lipinski definition) is 3. The Balaban J connectivity index is 2.12. The number of aliphatic hydroxyl groups excluding tert-OH is 1. The van der Waals surface area contributed by atoms with E-state index >= 15 is 0 Å². The van der Waals surface area contributed by atoms with Gasteiger partial charge in [-0.1, -0.05) is 11.6 Å². The van der Waals surface area contributed by atoms with Gasteiger partial charge in [0.2, 0.25) is 10.0 Å². The van der Waals surface area contributed by atoms with E-state index in [0.29, 0.717) is 12.8 Å². The molecule has 0 heterocycles. The first-order valence-corrected chi connectivity index (χ1v) is 8.08. The van der Waals surface area contributed by atoms with Crippen molar-refractivity contribution in [3.05, 3.63) is 23.0 Å². The second kappa shape index (κ2) is 5.85. The molecule has 0 saturated heterocycles. The Morgan fingerprint density at radius 3 is 2.75 bits per heavy atom. The second-order valence-corrected chi connectivity index (χ2v) is 7.13. The molecule has 2 atom stereocenters. The number of nitrogens with two attached hydrogens (primary N) is 1. The molecule has 1 saturated carbocycles.